The molecule has 2 aromatic rings. The van der Waals surface area contributed by atoms with Crippen molar-refractivity contribution in [2.24, 2.45) is 0 Å². The van der Waals surface area contributed by atoms with E-state index in [2.05, 4.69) is 39.8 Å². The van der Waals surface area contributed by atoms with Gasteiger partial charge in [0.25, 0.3) is 0 Å². The van der Waals surface area contributed by atoms with Gasteiger partial charge in [-0.3, -0.25) is 0 Å². The van der Waals surface area contributed by atoms with Gasteiger partial charge in [0.1, 0.15) is 18.2 Å². The van der Waals surface area contributed by atoms with Crippen LogP contribution in [-0.4, -0.2) is 11.5 Å². The molecule has 2 rings (SSSR count). The highest BCUT2D eigenvalue weighted by Gasteiger charge is 1.99. The minimum atomic E-state index is 0.488. The molecule has 1 N–H and O–H groups in total. The Bertz CT molecular complexity index is 514. The fraction of sp³-hybridized carbons (Fsp3) is 0.267. The van der Waals surface area contributed by atoms with E-state index in [-0.39, 0.29) is 0 Å². The zero-order chi connectivity index (χ0) is 13.5. The molecule has 1 aromatic heterocycles. The number of nitrogens with zero attached hydrogens (tertiary/aromatic N) is 1. The summed E-state index contributed by atoms with van der Waals surface area (Å²) in [5.41, 5.74) is 0.930. The lowest BCUT2D eigenvalue weighted by molar-refractivity contribution is 0.301. The fourth-order valence-electron chi connectivity index (χ4n) is 1.60. The van der Waals surface area contributed by atoms with Gasteiger partial charge in [0.2, 0.25) is 0 Å². The van der Waals surface area contributed by atoms with Crippen molar-refractivity contribution in [3.8, 4) is 5.75 Å². The number of pyridine rings is 1. The molecule has 1 heterocycles. The van der Waals surface area contributed by atoms with E-state index in [0.29, 0.717) is 6.61 Å². The van der Waals surface area contributed by atoms with E-state index in [1.807, 2.05) is 42.5 Å². The van der Waals surface area contributed by atoms with Crippen LogP contribution in [0.2, 0.25) is 0 Å². The molecule has 0 aliphatic carbocycles. The number of halogens is 1. The lowest BCUT2D eigenvalue weighted by Gasteiger charge is -2.08. The molecule has 0 atom stereocenters. The van der Waals surface area contributed by atoms with Gasteiger partial charge in [0, 0.05) is 10.1 Å². The van der Waals surface area contributed by atoms with Crippen LogP contribution in [0.5, 0.6) is 5.75 Å². The predicted octanol–water partition coefficient (Wildman–Crippen LogP) is 4.09. The van der Waals surface area contributed by atoms with Crippen LogP contribution in [0, 0.1) is 3.57 Å². The SMILES string of the molecule is CCCNc1cccc(COc2ccc(I)cc2)n1. The molecule has 0 bridgehead atoms. The normalized spacial score (nSPS) is 10.2. The first-order valence-corrected chi connectivity index (χ1v) is 7.44. The molecule has 0 fully saturated rings. The number of rotatable bonds is 6. The number of anilines is 1. The first kappa shape index (κ1) is 14.1. The molecular weight excluding hydrogens is 351 g/mol. The van der Waals surface area contributed by atoms with Crippen molar-refractivity contribution in [1.82, 2.24) is 4.98 Å². The third-order valence-corrected chi connectivity index (χ3v) is 3.28. The Kier molecular flexibility index (Phi) is 5.44. The van der Waals surface area contributed by atoms with E-state index in [9.17, 15) is 0 Å². The molecule has 3 nitrogen and oxygen atoms in total. The third-order valence-electron chi connectivity index (χ3n) is 2.56. The molecule has 0 radical (unpaired) electrons. The van der Waals surface area contributed by atoms with Gasteiger partial charge in [0.05, 0.1) is 5.69 Å². The highest BCUT2D eigenvalue weighted by Crippen LogP contribution is 2.15. The van der Waals surface area contributed by atoms with Crippen LogP contribution in [0.15, 0.2) is 42.5 Å². The largest absolute Gasteiger partial charge is 0.487 e. The van der Waals surface area contributed by atoms with Gasteiger partial charge >= 0.3 is 0 Å². The van der Waals surface area contributed by atoms with Crippen LogP contribution < -0.4 is 10.1 Å². The van der Waals surface area contributed by atoms with Crippen molar-refractivity contribution in [2.75, 3.05) is 11.9 Å². The molecule has 0 saturated heterocycles. The predicted molar refractivity (Wildman–Crippen MR) is 86.5 cm³/mol. The summed E-state index contributed by atoms with van der Waals surface area (Å²) in [6.45, 7) is 3.56. The molecule has 0 unspecified atom stereocenters. The van der Waals surface area contributed by atoms with Crippen molar-refractivity contribution in [3.05, 3.63) is 51.7 Å². The van der Waals surface area contributed by atoms with Crippen molar-refractivity contribution in [3.63, 3.8) is 0 Å². The lowest BCUT2D eigenvalue weighted by Crippen LogP contribution is -2.04. The number of aromatic nitrogens is 1. The first-order chi connectivity index (χ1) is 9.28. The lowest BCUT2D eigenvalue weighted by atomic mass is 10.3. The number of hydrogen-bond donors (Lipinski definition) is 1. The van der Waals surface area contributed by atoms with Gasteiger partial charge in [-0.2, -0.15) is 0 Å². The van der Waals surface area contributed by atoms with Crippen LogP contribution in [0.1, 0.15) is 19.0 Å². The molecule has 0 amide bonds. The van der Waals surface area contributed by atoms with Crippen LogP contribution >= 0.6 is 22.6 Å². The van der Waals surface area contributed by atoms with Crippen LogP contribution in [0.25, 0.3) is 0 Å². The van der Waals surface area contributed by atoms with E-state index in [1.165, 1.54) is 3.57 Å². The molecule has 19 heavy (non-hydrogen) atoms. The van der Waals surface area contributed by atoms with E-state index >= 15 is 0 Å². The maximum absolute atomic E-state index is 5.71. The molecule has 0 aliphatic heterocycles. The summed E-state index contributed by atoms with van der Waals surface area (Å²) >= 11 is 2.28. The Balaban J connectivity index is 1.93. The summed E-state index contributed by atoms with van der Waals surface area (Å²) in [5, 5.41) is 3.27. The smallest absolute Gasteiger partial charge is 0.130 e. The fourth-order valence-corrected chi connectivity index (χ4v) is 1.96. The topological polar surface area (TPSA) is 34.1 Å². The Labute approximate surface area is 127 Å². The molecule has 4 heteroatoms. The van der Waals surface area contributed by atoms with Gasteiger partial charge in [0.15, 0.2) is 0 Å². The molecule has 0 spiro atoms. The summed E-state index contributed by atoms with van der Waals surface area (Å²) in [7, 11) is 0. The molecule has 0 aliphatic rings. The summed E-state index contributed by atoms with van der Waals surface area (Å²) in [5.74, 6) is 1.78. The number of nitrogens with one attached hydrogen (secondary N) is 1. The van der Waals surface area contributed by atoms with Crippen molar-refractivity contribution in [1.29, 1.82) is 0 Å². The zero-order valence-corrected chi connectivity index (χ0v) is 13.1. The van der Waals surface area contributed by atoms with Crippen LogP contribution in [0.3, 0.4) is 0 Å². The second-order valence-electron chi connectivity index (χ2n) is 4.18. The van der Waals surface area contributed by atoms with Gasteiger partial charge in [-0.25, -0.2) is 4.98 Å². The Hall–Kier alpha value is -1.30. The quantitative estimate of drug-likeness (QED) is 0.780. The standard InChI is InChI=1S/C15H17IN2O/c1-2-10-17-15-5-3-4-13(18-15)11-19-14-8-6-12(16)7-9-14/h3-9H,2,10-11H2,1H3,(H,17,18). The second kappa shape index (κ2) is 7.33. The summed E-state index contributed by atoms with van der Waals surface area (Å²) in [6.07, 6.45) is 1.09. The van der Waals surface area contributed by atoms with E-state index in [4.69, 9.17) is 4.74 Å². The molecule has 0 saturated carbocycles. The minimum absolute atomic E-state index is 0.488. The highest BCUT2D eigenvalue weighted by atomic mass is 127. The summed E-state index contributed by atoms with van der Waals surface area (Å²) < 4.78 is 6.92. The molecule has 1 aromatic carbocycles. The van der Waals surface area contributed by atoms with Crippen LogP contribution in [-0.2, 0) is 6.61 Å². The van der Waals surface area contributed by atoms with E-state index in [1.54, 1.807) is 0 Å². The molecular formula is C15H17IN2O. The van der Waals surface area contributed by atoms with Gasteiger partial charge in [-0.1, -0.05) is 13.0 Å². The van der Waals surface area contributed by atoms with Crippen LogP contribution in [0.4, 0.5) is 5.82 Å². The number of ether oxygens (including phenoxy) is 1. The Morgan fingerprint density at radius 3 is 2.68 bits per heavy atom. The van der Waals surface area contributed by atoms with E-state index < -0.39 is 0 Å². The number of hydrogen-bond acceptors (Lipinski definition) is 3. The van der Waals surface area contributed by atoms with E-state index in [0.717, 1.165) is 30.2 Å². The second-order valence-corrected chi connectivity index (χ2v) is 5.43. The maximum Gasteiger partial charge on any atom is 0.130 e. The van der Waals surface area contributed by atoms with Crippen molar-refractivity contribution < 1.29 is 4.74 Å². The van der Waals surface area contributed by atoms with Crippen molar-refractivity contribution >= 4 is 28.4 Å². The minimum Gasteiger partial charge on any atom is -0.487 e. The summed E-state index contributed by atoms with van der Waals surface area (Å²) in [6, 6.07) is 14.0. The average Bonchev–Trinajstić information content (AvgIpc) is 2.45. The van der Waals surface area contributed by atoms with Crippen molar-refractivity contribution in [2.45, 2.75) is 20.0 Å². The Morgan fingerprint density at radius 1 is 1.16 bits per heavy atom. The summed E-state index contributed by atoms with van der Waals surface area (Å²) in [4.78, 5) is 4.51. The van der Waals surface area contributed by atoms with Gasteiger partial charge in [-0.05, 0) is 65.4 Å². The monoisotopic (exact) mass is 368 g/mol. The van der Waals surface area contributed by atoms with Gasteiger partial charge in [-0.15, -0.1) is 0 Å². The highest BCUT2D eigenvalue weighted by molar-refractivity contribution is 14.1. The Morgan fingerprint density at radius 2 is 1.95 bits per heavy atom. The third kappa shape index (κ3) is 4.70. The van der Waals surface area contributed by atoms with Gasteiger partial charge < -0.3 is 10.1 Å². The maximum atomic E-state index is 5.71. The number of benzene rings is 1. The average molecular weight is 368 g/mol. The first-order valence-electron chi connectivity index (χ1n) is 6.36. The zero-order valence-electron chi connectivity index (χ0n) is 10.9. The molecule has 100 valence electrons.